The Morgan fingerprint density at radius 2 is 1.97 bits per heavy atom. The van der Waals surface area contributed by atoms with Gasteiger partial charge in [0.15, 0.2) is 0 Å². The average molecular weight is 450 g/mol. The highest BCUT2D eigenvalue weighted by atomic mass is 32.1. The first-order valence-corrected chi connectivity index (χ1v) is 11.6. The molecule has 2 N–H and O–H groups in total. The third-order valence-corrected chi connectivity index (χ3v) is 6.89. The van der Waals surface area contributed by atoms with Gasteiger partial charge in [0, 0.05) is 44.5 Å². The standard InChI is InChI=1S/C24H27N5O2S/c1-25-22(31)24(13-17-6-3-7-18(12-17)20-8-4-11-32-20)9-5-10-29(16-24)21(30)19-14-27-23(26-2)28-15-19/h3-4,6-8,11-12,14-15H,5,9-10,13,16H2,1-2H3,(H,25,31)(H,26,27,28)/t24-/m0/s1. The lowest BCUT2D eigenvalue weighted by Crippen LogP contribution is -2.54. The van der Waals surface area contributed by atoms with E-state index in [1.54, 1.807) is 30.3 Å². The van der Waals surface area contributed by atoms with Gasteiger partial charge >= 0.3 is 0 Å². The number of hydrogen-bond acceptors (Lipinski definition) is 6. The van der Waals surface area contributed by atoms with Gasteiger partial charge in [-0.25, -0.2) is 9.97 Å². The number of thiophene rings is 1. The molecule has 32 heavy (non-hydrogen) atoms. The van der Waals surface area contributed by atoms with Crippen LogP contribution >= 0.6 is 11.3 Å². The molecule has 0 bridgehead atoms. The summed E-state index contributed by atoms with van der Waals surface area (Å²) in [5, 5.41) is 7.76. The highest BCUT2D eigenvalue weighted by Gasteiger charge is 2.43. The Morgan fingerprint density at radius 3 is 2.66 bits per heavy atom. The second-order valence-electron chi connectivity index (χ2n) is 8.09. The van der Waals surface area contributed by atoms with Crippen LogP contribution in [0.15, 0.2) is 54.2 Å². The summed E-state index contributed by atoms with van der Waals surface area (Å²) in [5.41, 5.74) is 1.99. The summed E-state index contributed by atoms with van der Waals surface area (Å²) < 4.78 is 0. The van der Waals surface area contributed by atoms with Gasteiger partial charge in [-0.15, -0.1) is 11.3 Å². The van der Waals surface area contributed by atoms with Gasteiger partial charge in [0.25, 0.3) is 5.91 Å². The SMILES string of the molecule is CNC(=O)[C@]1(Cc2cccc(-c3cccs3)c2)CCCN(C(=O)c2cnc(NC)nc2)C1. The van der Waals surface area contributed by atoms with E-state index in [0.29, 0.717) is 31.0 Å². The molecule has 2 amide bonds. The second kappa shape index (κ2) is 9.48. The van der Waals surface area contributed by atoms with Gasteiger partial charge in [0.1, 0.15) is 0 Å². The number of anilines is 1. The van der Waals surface area contributed by atoms with Crippen molar-refractivity contribution < 1.29 is 9.59 Å². The molecule has 3 heterocycles. The van der Waals surface area contributed by atoms with E-state index in [1.807, 2.05) is 12.1 Å². The number of carbonyl (C=O) groups is 2. The lowest BCUT2D eigenvalue weighted by molar-refractivity contribution is -0.133. The molecule has 166 valence electrons. The molecule has 2 aromatic heterocycles. The van der Waals surface area contributed by atoms with E-state index in [2.05, 4.69) is 50.2 Å². The highest BCUT2D eigenvalue weighted by molar-refractivity contribution is 7.13. The van der Waals surface area contributed by atoms with Crippen LogP contribution in [0.4, 0.5) is 5.95 Å². The van der Waals surface area contributed by atoms with Crippen LogP contribution in [0.3, 0.4) is 0 Å². The molecule has 4 rings (SSSR count). The Balaban J connectivity index is 1.59. The first-order chi connectivity index (χ1) is 15.5. The molecule has 0 spiro atoms. The molecule has 1 fully saturated rings. The zero-order valence-electron chi connectivity index (χ0n) is 18.3. The van der Waals surface area contributed by atoms with Crippen LogP contribution in [0.25, 0.3) is 10.4 Å². The van der Waals surface area contributed by atoms with Gasteiger partial charge in [0.05, 0.1) is 11.0 Å². The van der Waals surface area contributed by atoms with E-state index in [4.69, 9.17) is 0 Å². The van der Waals surface area contributed by atoms with E-state index in [9.17, 15) is 9.59 Å². The zero-order chi connectivity index (χ0) is 22.6. The summed E-state index contributed by atoms with van der Waals surface area (Å²) in [7, 11) is 3.39. The van der Waals surface area contributed by atoms with Crippen molar-refractivity contribution in [2.24, 2.45) is 5.41 Å². The Kier molecular flexibility index (Phi) is 6.50. The predicted octanol–water partition coefficient (Wildman–Crippen LogP) is 3.46. The van der Waals surface area contributed by atoms with Crippen molar-refractivity contribution >= 4 is 29.1 Å². The van der Waals surface area contributed by atoms with Crippen molar-refractivity contribution in [1.29, 1.82) is 0 Å². The van der Waals surface area contributed by atoms with E-state index >= 15 is 0 Å². The quantitative estimate of drug-likeness (QED) is 0.602. The maximum atomic E-state index is 13.2. The Bertz CT molecular complexity index is 1080. The zero-order valence-corrected chi connectivity index (χ0v) is 19.1. The largest absolute Gasteiger partial charge is 0.359 e. The number of piperidine rings is 1. The molecule has 1 atom stereocenters. The fourth-order valence-corrected chi connectivity index (χ4v) is 5.12. The average Bonchev–Trinajstić information content (AvgIpc) is 3.38. The summed E-state index contributed by atoms with van der Waals surface area (Å²) >= 11 is 1.70. The molecule has 0 radical (unpaired) electrons. The summed E-state index contributed by atoms with van der Waals surface area (Å²) in [4.78, 5) is 37.5. The highest BCUT2D eigenvalue weighted by Crippen LogP contribution is 2.36. The van der Waals surface area contributed by atoms with Crippen LogP contribution in [-0.4, -0.2) is 53.9 Å². The molecular weight excluding hydrogens is 422 g/mol. The Hall–Kier alpha value is -3.26. The van der Waals surface area contributed by atoms with Gasteiger partial charge < -0.3 is 15.5 Å². The Labute approximate surface area is 191 Å². The molecule has 8 heteroatoms. The summed E-state index contributed by atoms with van der Waals surface area (Å²) in [6.07, 6.45) is 5.13. The van der Waals surface area contributed by atoms with E-state index in [-0.39, 0.29) is 11.8 Å². The number of nitrogens with one attached hydrogen (secondary N) is 2. The molecule has 1 aliphatic rings. The van der Waals surface area contributed by atoms with Crippen molar-refractivity contribution in [3.05, 3.63) is 65.3 Å². The summed E-state index contributed by atoms with van der Waals surface area (Å²) in [6, 6.07) is 12.5. The third-order valence-electron chi connectivity index (χ3n) is 5.97. The maximum Gasteiger partial charge on any atom is 0.257 e. The molecule has 1 aliphatic heterocycles. The summed E-state index contributed by atoms with van der Waals surface area (Å²) in [6.45, 7) is 0.975. The second-order valence-corrected chi connectivity index (χ2v) is 9.04. The van der Waals surface area contributed by atoms with E-state index in [0.717, 1.165) is 24.0 Å². The first-order valence-electron chi connectivity index (χ1n) is 10.7. The van der Waals surface area contributed by atoms with Gasteiger partial charge in [-0.05, 0) is 41.8 Å². The fraction of sp³-hybridized carbons (Fsp3) is 0.333. The fourth-order valence-electron chi connectivity index (χ4n) is 4.40. The number of amides is 2. The molecule has 0 saturated carbocycles. The van der Waals surface area contributed by atoms with Crippen molar-refractivity contribution in [1.82, 2.24) is 20.2 Å². The minimum atomic E-state index is -0.678. The smallest absolute Gasteiger partial charge is 0.257 e. The van der Waals surface area contributed by atoms with Crippen LogP contribution in [0, 0.1) is 5.41 Å². The topological polar surface area (TPSA) is 87.2 Å². The minimum absolute atomic E-state index is 0.0293. The number of benzene rings is 1. The van der Waals surface area contributed by atoms with Crippen LogP contribution in [0.5, 0.6) is 0 Å². The molecule has 3 aromatic rings. The van der Waals surface area contributed by atoms with E-state index in [1.165, 1.54) is 17.3 Å². The number of likely N-dealkylation sites (tertiary alicyclic amines) is 1. The molecular formula is C24H27N5O2S. The van der Waals surface area contributed by atoms with E-state index < -0.39 is 5.41 Å². The van der Waals surface area contributed by atoms with Crippen LogP contribution < -0.4 is 10.6 Å². The van der Waals surface area contributed by atoms with Gasteiger partial charge in [0.2, 0.25) is 11.9 Å². The number of rotatable bonds is 6. The van der Waals surface area contributed by atoms with Crippen LogP contribution in [0.2, 0.25) is 0 Å². The first kappa shape index (κ1) is 22.0. The molecule has 0 aliphatic carbocycles. The number of aromatic nitrogens is 2. The van der Waals surface area contributed by atoms with Gasteiger partial charge in [-0.3, -0.25) is 9.59 Å². The van der Waals surface area contributed by atoms with Crippen molar-refractivity contribution in [2.45, 2.75) is 19.3 Å². The van der Waals surface area contributed by atoms with Crippen molar-refractivity contribution in [3.63, 3.8) is 0 Å². The van der Waals surface area contributed by atoms with Crippen LogP contribution in [-0.2, 0) is 11.2 Å². The molecule has 1 saturated heterocycles. The lowest BCUT2D eigenvalue weighted by atomic mass is 9.74. The lowest BCUT2D eigenvalue weighted by Gasteiger charge is -2.41. The predicted molar refractivity (Wildman–Crippen MR) is 127 cm³/mol. The summed E-state index contributed by atoms with van der Waals surface area (Å²) in [5.74, 6) is 0.289. The number of hydrogen-bond donors (Lipinski definition) is 2. The maximum absolute atomic E-state index is 13.2. The molecule has 7 nitrogen and oxygen atoms in total. The van der Waals surface area contributed by atoms with Gasteiger partial charge in [-0.1, -0.05) is 30.3 Å². The molecule has 0 unspecified atom stereocenters. The van der Waals surface area contributed by atoms with Crippen LogP contribution in [0.1, 0.15) is 28.8 Å². The number of nitrogens with zero attached hydrogens (tertiary/aromatic N) is 3. The van der Waals surface area contributed by atoms with Crippen molar-refractivity contribution in [2.75, 3.05) is 32.5 Å². The van der Waals surface area contributed by atoms with Gasteiger partial charge in [-0.2, -0.15) is 0 Å². The van der Waals surface area contributed by atoms with Crippen molar-refractivity contribution in [3.8, 4) is 10.4 Å². The third kappa shape index (κ3) is 4.50. The monoisotopic (exact) mass is 449 g/mol. The molecule has 1 aromatic carbocycles. The Morgan fingerprint density at radius 1 is 1.16 bits per heavy atom. The number of carbonyl (C=O) groups excluding carboxylic acids is 2. The normalized spacial score (nSPS) is 18.2. The minimum Gasteiger partial charge on any atom is -0.359 e.